The zero-order valence-corrected chi connectivity index (χ0v) is 11.6. The Morgan fingerprint density at radius 2 is 2.21 bits per heavy atom. The van der Waals surface area contributed by atoms with Gasteiger partial charge in [0.15, 0.2) is 0 Å². The second kappa shape index (κ2) is 6.06. The van der Waals surface area contributed by atoms with Crippen molar-refractivity contribution in [1.29, 1.82) is 0 Å². The fourth-order valence-corrected chi connectivity index (χ4v) is 2.42. The molecule has 3 N–H and O–H groups in total. The van der Waals surface area contributed by atoms with Gasteiger partial charge in [-0.3, -0.25) is 4.79 Å². The number of benzene rings is 1. The third kappa shape index (κ3) is 3.47. The topological polar surface area (TPSA) is 64.3 Å². The number of ether oxygens (including phenoxy) is 1. The van der Waals surface area contributed by atoms with E-state index in [0.29, 0.717) is 19.1 Å². The summed E-state index contributed by atoms with van der Waals surface area (Å²) in [5, 5.41) is 2.93. The molecule has 1 amide bonds. The molecule has 1 aromatic rings. The number of para-hydroxylation sites is 1. The Morgan fingerprint density at radius 1 is 1.47 bits per heavy atom. The molecule has 1 aliphatic heterocycles. The Labute approximate surface area is 114 Å². The van der Waals surface area contributed by atoms with Gasteiger partial charge in [-0.15, -0.1) is 0 Å². The van der Waals surface area contributed by atoms with Crippen LogP contribution in [-0.2, 0) is 4.79 Å². The number of hydrogen-bond acceptors (Lipinski definition) is 3. The average molecular weight is 262 g/mol. The highest BCUT2D eigenvalue weighted by molar-refractivity contribution is 5.85. The SMILES string of the molecule is CC(C)CC(N)CNC(=O)C1COc2ccccc21. The van der Waals surface area contributed by atoms with Crippen molar-refractivity contribution < 1.29 is 9.53 Å². The van der Waals surface area contributed by atoms with E-state index in [1.807, 2.05) is 24.3 Å². The van der Waals surface area contributed by atoms with Gasteiger partial charge in [0.25, 0.3) is 0 Å². The van der Waals surface area contributed by atoms with Crippen LogP contribution in [0.25, 0.3) is 0 Å². The van der Waals surface area contributed by atoms with Crippen molar-refractivity contribution >= 4 is 5.91 Å². The van der Waals surface area contributed by atoms with E-state index in [0.717, 1.165) is 17.7 Å². The lowest BCUT2D eigenvalue weighted by Gasteiger charge is -2.16. The Kier molecular flexibility index (Phi) is 4.43. The van der Waals surface area contributed by atoms with Gasteiger partial charge in [0.2, 0.25) is 5.91 Å². The van der Waals surface area contributed by atoms with Crippen molar-refractivity contribution in [3.05, 3.63) is 29.8 Å². The molecule has 19 heavy (non-hydrogen) atoms. The number of rotatable bonds is 5. The van der Waals surface area contributed by atoms with Gasteiger partial charge in [0, 0.05) is 18.2 Å². The molecule has 2 unspecified atom stereocenters. The first-order valence-corrected chi connectivity index (χ1v) is 6.83. The van der Waals surface area contributed by atoms with E-state index in [9.17, 15) is 4.79 Å². The van der Waals surface area contributed by atoms with Crippen LogP contribution in [-0.4, -0.2) is 25.1 Å². The summed E-state index contributed by atoms with van der Waals surface area (Å²) in [5.41, 5.74) is 6.94. The summed E-state index contributed by atoms with van der Waals surface area (Å²) in [7, 11) is 0. The van der Waals surface area contributed by atoms with Crippen LogP contribution in [0.1, 0.15) is 31.7 Å². The van der Waals surface area contributed by atoms with E-state index < -0.39 is 0 Å². The molecule has 0 saturated carbocycles. The summed E-state index contributed by atoms with van der Waals surface area (Å²) in [4.78, 5) is 12.2. The van der Waals surface area contributed by atoms with Gasteiger partial charge in [0.05, 0.1) is 0 Å². The molecule has 104 valence electrons. The zero-order chi connectivity index (χ0) is 13.8. The number of carbonyl (C=O) groups is 1. The largest absolute Gasteiger partial charge is 0.492 e. The van der Waals surface area contributed by atoms with Crippen LogP contribution in [0.5, 0.6) is 5.75 Å². The lowest BCUT2D eigenvalue weighted by molar-refractivity contribution is -0.122. The minimum absolute atomic E-state index is 0.00385. The van der Waals surface area contributed by atoms with Crippen molar-refractivity contribution in [3.63, 3.8) is 0 Å². The zero-order valence-electron chi connectivity index (χ0n) is 11.6. The second-order valence-corrected chi connectivity index (χ2v) is 5.54. The minimum atomic E-state index is -0.206. The van der Waals surface area contributed by atoms with E-state index in [-0.39, 0.29) is 17.9 Å². The summed E-state index contributed by atoms with van der Waals surface area (Å²) in [6.07, 6.45) is 0.915. The smallest absolute Gasteiger partial charge is 0.231 e. The van der Waals surface area contributed by atoms with Gasteiger partial charge in [-0.2, -0.15) is 0 Å². The molecule has 1 aliphatic rings. The average Bonchev–Trinajstić information content (AvgIpc) is 2.79. The molecule has 1 aromatic carbocycles. The molecule has 4 nitrogen and oxygen atoms in total. The van der Waals surface area contributed by atoms with Crippen LogP contribution in [0, 0.1) is 5.92 Å². The Bertz CT molecular complexity index is 446. The summed E-state index contributed by atoms with van der Waals surface area (Å²) in [6.45, 7) is 5.20. The molecule has 0 saturated heterocycles. The minimum Gasteiger partial charge on any atom is -0.492 e. The number of fused-ring (bicyclic) bond motifs is 1. The van der Waals surface area contributed by atoms with E-state index in [4.69, 9.17) is 10.5 Å². The second-order valence-electron chi connectivity index (χ2n) is 5.54. The summed E-state index contributed by atoms with van der Waals surface area (Å²) in [5.74, 6) is 1.16. The lowest BCUT2D eigenvalue weighted by Crippen LogP contribution is -2.40. The molecular weight excluding hydrogens is 240 g/mol. The van der Waals surface area contributed by atoms with Gasteiger partial charge < -0.3 is 15.8 Å². The van der Waals surface area contributed by atoms with Crippen LogP contribution in [0.3, 0.4) is 0 Å². The van der Waals surface area contributed by atoms with E-state index in [1.54, 1.807) is 0 Å². The Morgan fingerprint density at radius 3 is 2.95 bits per heavy atom. The molecule has 0 fully saturated rings. The Hall–Kier alpha value is -1.55. The summed E-state index contributed by atoms with van der Waals surface area (Å²) < 4.78 is 5.51. The van der Waals surface area contributed by atoms with Crippen molar-refractivity contribution in [2.45, 2.75) is 32.2 Å². The van der Waals surface area contributed by atoms with Crippen molar-refractivity contribution in [1.82, 2.24) is 5.32 Å². The molecule has 2 rings (SSSR count). The molecule has 0 spiro atoms. The first-order chi connectivity index (χ1) is 9.08. The van der Waals surface area contributed by atoms with Crippen LogP contribution in [0.4, 0.5) is 0 Å². The van der Waals surface area contributed by atoms with Crippen molar-refractivity contribution in [3.8, 4) is 5.75 Å². The lowest BCUT2D eigenvalue weighted by atomic mass is 10.00. The normalized spacial score (nSPS) is 18.8. The number of nitrogens with two attached hydrogens (primary N) is 1. The van der Waals surface area contributed by atoms with E-state index in [1.165, 1.54) is 0 Å². The number of hydrogen-bond donors (Lipinski definition) is 2. The third-order valence-corrected chi connectivity index (χ3v) is 3.33. The number of carbonyl (C=O) groups excluding carboxylic acids is 1. The van der Waals surface area contributed by atoms with E-state index >= 15 is 0 Å². The fraction of sp³-hybridized carbons (Fsp3) is 0.533. The van der Waals surface area contributed by atoms with Gasteiger partial charge in [-0.05, 0) is 18.4 Å². The highest BCUT2D eigenvalue weighted by Gasteiger charge is 2.29. The third-order valence-electron chi connectivity index (χ3n) is 3.33. The Balaban J connectivity index is 1.88. The quantitative estimate of drug-likeness (QED) is 0.848. The number of amides is 1. The highest BCUT2D eigenvalue weighted by atomic mass is 16.5. The predicted octanol–water partition coefficient (Wildman–Crippen LogP) is 1.65. The molecule has 1 heterocycles. The molecule has 0 bridgehead atoms. The molecule has 0 radical (unpaired) electrons. The standard InChI is InChI=1S/C15H22N2O2/c1-10(2)7-11(16)8-17-15(18)13-9-19-14-6-4-3-5-12(13)14/h3-6,10-11,13H,7-9,16H2,1-2H3,(H,17,18). The fourth-order valence-electron chi connectivity index (χ4n) is 2.42. The van der Waals surface area contributed by atoms with Crippen molar-refractivity contribution in [2.75, 3.05) is 13.2 Å². The predicted molar refractivity (Wildman–Crippen MR) is 75.1 cm³/mol. The first-order valence-electron chi connectivity index (χ1n) is 6.83. The molecule has 2 atom stereocenters. The molecular formula is C15H22N2O2. The monoisotopic (exact) mass is 262 g/mol. The van der Waals surface area contributed by atoms with Crippen LogP contribution in [0.2, 0.25) is 0 Å². The summed E-state index contributed by atoms with van der Waals surface area (Å²) >= 11 is 0. The molecule has 0 aromatic heterocycles. The van der Waals surface area contributed by atoms with Gasteiger partial charge >= 0.3 is 0 Å². The van der Waals surface area contributed by atoms with Crippen LogP contribution >= 0.6 is 0 Å². The van der Waals surface area contributed by atoms with Gasteiger partial charge in [-0.1, -0.05) is 32.0 Å². The van der Waals surface area contributed by atoms with E-state index in [2.05, 4.69) is 19.2 Å². The van der Waals surface area contributed by atoms with Crippen LogP contribution in [0.15, 0.2) is 24.3 Å². The van der Waals surface area contributed by atoms with Gasteiger partial charge in [0.1, 0.15) is 18.3 Å². The van der Waals surface area contributed by atoms with Crippen LogP contribution < -0.4 is 15.8 Å². The maximum absolute atomic E-state index is 12.2. The van der Waals surface area contributed by atoms with Crippen molar-refractivity contribution in [2.24, 2.45) is 11.7 Å². The first kappa shape index (κ1) is 13.9. The molecule has 4 heteroatoms. The highest BCUT2D eigenvalue weighted by Crippen LogP contribution is 2.33. The summed E-state index contributed by atoms with van der Waals surface area (Å²) in [6, 6.07) is 7.70. The maximum atomic E-state index is 12.2. The maximum Gasteiger partial charge on any atom is 0.231 e. The number of nitrogens with one attached hydrogen (secondary N) is 1. The molecule has 0 aliphatic carbocycles. The van der Waals surface area contributed by atoms with Gasteiger partial charge in [-0.25, -0.2) is 0 Å².